The average Bonchev–Trinajstić information content (AvgIpc) is 3.78. The van der Waals surface area contributed by atoms with Crippen LogP contribution >= 0.6 is 23.5 Å². The number of nitrogens with two attached hydrogens (primary N) is 1. The molecule has 21 nitrogen and oxygen atoms in total. The maximum absolute atomic E-state index is 13.4. The van der Waals surface area contributed by atoms with Gasteiger partial charge < -0.3 is 46.7 Å². The number of anilines is 2. The Labute approximate surface area is 423 Å². The number of unbranched alkanes of at least 4 members (excludes halogenated alkanes) is 13. The van der Waals surface area contributed by atoms with Crippen LogP contribution in [-0.2, 0) is 47.8 Å². The number of esters is 2. The van der Waals surface area contributed by atoms with Crippen LogP contribution < -0.4 is 27.0 Å². The second-order valence-corrected chi connectivity index (χ2v) is 20.0. The first-order chi connectivity index (χ1) is 34.0. The molecule has 23 heteroatoms. The number of methoxy groups -OCH3 is 2. The van der Waals surface area contributed by atoms with Crippen LogP contribution in [0.5, 0.6) is 0 Å². The molecule has 396 valence electrons. The molecule has 0 aromatic heterocycles. The van der Waals surface area contributed by atoms with E-state index in [0.29, 0.717) is 0 Å². The zero-order valence-corrected chi connectivity index (χ0v) is 42.9. The van der Waals surface area contributed by atoms with Gasteiger partial charge in [0.15, 0.2) is 0 Å². The molecule has 0 saturated carbocycles. The highest BCUT2D eigenvalue weighted by Gasteiger charge is 2.40. The average molecular weight is 1040 g/mol. The predicted molar refractivity (Wildman–Crippen MR) is 269 cm³/mol. The zero-order valence-electron chi connectivity index (χ0n) is 41.2. The zero-order chi connectivity index (χ0) is 52.3. The standard InChI is InChI=1S/C48H73N7O14S2/c1-4-5-6-7-8-9-10-11-12-13-14-15-16-17-24-70-37-27-40(57)54(44(37)62)22-20-50-34-25-32(48(67)69-3)35(26-31(34)47(66)68-2)51-21-23-55-41(58)28-38(45(55)63)71-30-36(43(61)52-29-42(59)60)53-39(56)19-18-33(49)46(64)65/h25-26,33,36-38,50-51H,4-24,27-30,49H2,1-3H3,(H,52,61)(H,53,56)(H,59,60)(H,64,65)/t33-,36-,37?,38?/m0/s1. The lowest BCUT2D eigenvalue weighted by molar-refractivity contribution is -0.139. The monoisotopic (exact) mass is 1040 g/mol. The molecule has 2 aliphatic heterocycles. The molecule has 0 radical (unpaired) electrons. The topological polar surface area (TPSA) is 310 Å². The van der Waals surface area contributed by atoms with Crippen molar-refractivity contribution in [2.24, 2.45) is 5.73 Å². The molecule has 4 atom stereocenters. The molecule has 0 spiro atoms. The van der Waals surface area contributed by atoms with Crippen LogP contribution in [0.2, 0.25) is 0 Å². The minimum absolute atomic E-state index is 0.00752. The minimum Gasteiger partial charge on any atom is -0.480 e. The quantitative estimate of drug-likeness (QED) is 0.0279. The Balaban J connectivity index is 1.52. The molecular formula is C48H73N7O14S2. The van der Waals surface area contributed by atoms with Gasteiger partial charge in [-0.3, -0.25) is 48.2 Å². The van der Waals surface area contributed by atoms with E-state index in [0.717, 1.165) is 48.8 Å². The second-order valence-electron chi connectivity index (χ2n) is 17.4. The van der Waals surface area contributed by atoms with E-state index in [2.05, 4.69) is 28.2 Å². The van der Waals surface area contributed by atoms with Crippen molar-refractivity contribution in [2.45, 2.75) is 145 Å². The number of hydrogen-bond acceptors (Lipinski definition) is 17. The van der Waals surface area contributed by atoms with E-state index < -0.39 is 76.6 Å². The van der Waals surface area contributed by atoms with Crippen LogP contribution in [0.15, 0.2) is 12.1 Å². The number of rotatable bonds is 37. The summed E-state index contributed by atoms with van der Waals surface area (Å²) in [5.74, 6) is -7.05. The molecule has 71 heavy (non-hydrogen) atoms. The second kappa shape index (κ2) is 32.5. The fourth-order valence-electron chi connectivity index (χ4n) is 7.97. The van der Waals surface area contributed by atoms with E-state index in [9.17, 15) is 47.9 Å². The Kier molecular flexibility index (Phi) is 27.4. The third-order valence-corrected chi connectivity index (χ3v) is 14.6. The summed E-state index contributed by atoms with van der Waals surface area (Å²) in [6.45, 7) is 1.24. The van der Waals surface area contributed by atoms with Gasteiger partial charge in [0.2, 0.25) is 35.4 Å². The van der Waals surface area contributed by atoms with Crippen molar-refractivity contribution in [3.63, 3.8) is 0 Å². The lowest BCUT2D eigenvalue weighted by Crippen LogP contribution is -2.50. The van der Waals surface area contributed by atoms with Crippen LogP contribution in [0.3, 0.4) is 0 Å². The first-order valence-electron chi connectivity index (χ1n) is 24.5. The summed E-state index contributed by atoms with van der Waals surface area (Å²) in [4.78, 5) is 128. The summed E-state index contributed by atoms with van der Waals surface area (Å²) >= 11 is 2.39. The summed E-state index contributed by atoms with van der Waals surface area (Å²) in [5, 5.41) is 27.1. The van der Waals surface area contributed by atoms with Crippen LogP contribution in [0.4, 0.5) is 11.4 Å². The van der Waals surface area contributed by atoms with Gasteiger partial charge in [0, 0.05) is 62.6 Å². The van der Waals surface area contributed by atoms with E-state index in [1.807, 2.05) is 0 Å². The Morgan fingerprint density at radius 1 is 0.704 bits per heavy atom. The van der Waals surface area contributed by atoms with Gasteiger partial charge in [0.25, 0.3) is 0 Å². The molecule has 3 rings (SSSR count). The third kappa shape index (κ3) is 20.7. The lowest BCUT2D eigenvalue weighted by Gasteiger charge is -2.20. The Bertz CT molecular complexity index is 2010. The van der Waals surface area contributed by atoms with Gasteiger partial charge in [-0.15, -0.1) is 23.5 Å². The Morgan fingerprint density at radius 2 is 1.15 bits per heavy atom. The van der Waals surface area contributed by atoms with Gasteiger partial charge in [-0.05, 0) is 30.7 Å². The van der Waals surface area contributed by atoms with Crippen LogP contribution in [-0.4, -0.2) is 160 Å². The van der Waals surface area contributed by atoms with Gasteiger partial charge >= 0.3 is 23.9 Å². The summed E-state index contributed by atoms with van der Waals surface area (Å²) < 4.78 is 10.00. The predicted octanol–water partition coefficient (Wildman–Crippen LogP) is 4.16. The number of nitrogens with one attached hydrogen (secondary N) is 4. The Morgan fingerprint density at radius 3 is 1.59 bits per heavy atom. The number of amides is 6. The first kappa shape index (κ1) is 59.9. The molecule has 2 unspecified atom stereocenters. The highest BCUT2D eigenvalue weighted by atomic mass is 32.2. The molecule has 2 fully saturated rings. The summed E-state index contributed by atoms with van der Waals surface area (Å²) in [6.07, 6.45) is 16.9. The number of hydrogen-bond donors (Lipinski definition) is 7. The molecule has 1 aromatic rings. The van der Waals surface area contributed by atoms with Gasteiger partial charge in [0.1, 0.15) is 18.6 Å². The number of carbonyl (C=O) groups is 10. The number of carboxylic acids is 2. The number of carboxylic acid groups (broad SMARTS) is 2. The number of carbonyl (C=O) groups excluding carboxylic acids is 8. The fourth-order valence-corrected chi connectivity index (χ4v) is 10.3. The van der Waals surface area contributed by atoms with Crippen molar-refractivity contribution >= 4 is 94.2 Å². The first-order valence-corrected chi connectivity index (χ1v) is 26.6. The maximum atomic E-state index is 13.4. The number of likely N-dealkylation sites (tertiary alicyclic amines) is 2. The van der Waals surface area contributed by atoms with Crippen LogP contribution in [0.25, 0.3) is 0 Å². The number of nitrogens with zero attached hydrogens (tertiary/aromatic N) is 2. The van der Waals surface area contributed by atoms with Crippen molar-refractivity contribution < 1.29 is 67.6 Å². The van der Waals surface area contributed by atoms with E-state index >= 15 is 0 Å². The van der Waals surface area contributed by atoms with Crippen molar-refractivity contribution in [2.75, 3.05) is 69.1 Å². The van der Waals surface area contributed by atoms with Crippen LogP contribution in [0, 0.1) is 0 Å². The summed E-state index contributed by atoms with van der Waals surface area (Å²) in [7, 11) is 2.33. The largest absolute Gasteiger partial charge is 0.480 e. The molecular weight excluding hydrogens is 963 g/mol. The molecule has 1 aromatic carbocycles. The number of ether oxygens (including phenoxy) is 2. The SMILES string of the molecule is CCCCCCCCCCCCCCCCSC1CC(=O)N(CCNc2cc(C(=O)OC)c(NCCN3C(=O)CC(SC[C@H](NC(=O)CC[C@H](N)C(=O)O)C(=O)NCC(=O)O)C3=O)cc2C(=O)OC)C1=O. The molecule has 0 bridgehead atoms. The highest BCUT2D eigenvalue weighted by molar-refractivity contribution is 8.00. The molecule has 2 saturated heterocycles. The minimum atomic E-state index is -1.35. The van der Waals surface area contributed by atoms with E-state index in [1.165, 1.54) is 107 Å². The van der Waals surface area contributed by atoms with Crippen molar-refractivity contribution in [1.29, 1.82) is 0 Å². The smallest absolute Gasteiger partial charge is 0.340 e. The normalized spacial score (nSPS) is 16.5. The number of aliphatic carboxylic acids is 2. The van der Waals surface area contributed by atoms with Gasteiger partial charge in [-0.2, -0.15) is 0 Å². The van der Waals surface area contributed by atoms with Crippen molar-refractivity contribution in [1.82, 2.24) is 20.4 Å². The molecule has 2 heterocycles. The Hall–Kier alpha value is -5.42. The van der Waals surface area contributed by atoms with E-state index in [-0.39, 0.29) is 91.9 Å². The van der Waals surface area contributed by atoms with Gasteiger partial charge in [0.05, 0.1) is 35.8 Å². The molecule has 0 aliphatic carbocycles. The number of thioether (sulfide) groups is 2. The molecule has 2 aliphatic rings. The van der Waals surface area contributed by atoms with Gasteiger partial charge in [-0.1, -0.05) is 90.4 Å². The highest BCUT2D eigenvalue weighted by Crippen LogP contribution is 2.30. The number of benzene rings is 1. The molecule has 6 amide bonds. The van der Waals surface area contributed by atoms with Crippen LogP contribution in [0.1, 0.15) is 143 Å². The summed E-state index contributed by atoms with van der Waals surface area (Å²) in [5.41, 5.74) is 5.69. The fraction of sp³-hybridized carbons (Fsp3) is 0.667. The maximum Gasteiger partial charge on any atom is 0.340 e. The van der Waals surface area contributed by atoms with Crippen molar-refractivity contribution in [3.8, 4) is 0 Å². The van der Waals surface area contributed by atoms with E-state index in [4.69, 9.17) is 25.4 Å². The third-order valence-electron chi connectivity index (χ3n) is 12.0. The van der Waals surface area contributed by atoms with E-state index in [1.54, 1.807) is 0 Å². The molecule has 8 N–H and O–H groups in total. The van der Waals surface area contributed by atoms with Gasteiger partial charge in [-0.25, -0.2) is 9.59 Å². The number of imide groups is 2. The summed E-state index contributed by atoms with van der Waals surface area (Å²) in [6, 6.07) is 0.00548. The van der Waals surface area contributed by atoms with Crippen molar-refractivity contribution in [3.05, 3.63) is 23.3 Å². The lowest BCUT2D eigenvalue weighted by atomic mass is 10.0.